The molecule has 1 fully saturated rings. The highest BCUT2D eigenvalue weighted by Crippen LogP contribution is 2.30. The summed E-state index contributed by atoms with van der Waals surface area (Å²) in [6.45, 7) is -0.407. The van der Waals surface area contributed by atoms with Gasteiger partial charge in [0.15, 0.2) is 0 Å². The van der Waals surface area contributed by atoms with Gasteiger partial charge >= 0.3 is 0 Å². The Morgan fingerprint density at radius 3 is 2.71 bits per heavy atom. The van der Waals surface area contributed by atoms with Crippen LogP contribution in [0.5, 0.6) is 0 Å². The van der Waals surface area contributed by atoms with Crippen molar-refractivity contribution in [1.82, 2.24) is 4.90 Å². The molecule has 7 heteroatoms. The fourth-order valence-corrected chi connectivity index (χ4v) is 2.64. The van der Waals surface area contributed by atoms with Gasteiger partial charge in [-0.3, -0.25) is 19.3 Å². The second-order valence-electron chi connectivity index (χ2n) is 4.14. The predicted octanol–water partition coefficient (Wildman–Crippen LogP) is 2.42. The second kappa shape index (κ2) is 6.60. The van der Waals surface area contributed by atoms with Gasteiger partial charge in [-0.05, 0) is 29.5 Å². The van der Waals surface area contributed by atoms with Crippen molar-refractivity contribution in [1.29, 1.82) is 0 Å². The Balaban J connectivity index is 2.12. The Morgan fingerprint density at radius 1 is 1.33 bits per heavy atom. The van der Waals surface area contributed by atoms with E-state index >= 15 is 0 Å². The molecule has 108 valence electrons. The molecule has 1 aromatic carbocycles. The first-order valence-corrected chi connectivity index (χ1v) is 7.13. The summed E-state index contributed by atoms with van der Waals surface area (Å²) in [6.07, 6.45) is 4.86. The van der Waals surface area contributed by atoms with Crippen LogP contribution in [0, 0.1) is 0 Å². The highest BCUT2D eigenvalue weighted by atomic mass is 35.5. The van der Waals surface area contributed by atoms with Crippen molar-refractivity contribution in [2.75, 3.05) is 6.54 Å². The van der Waals surface area contributed by atoms with Crippen molar-refractivity contribution < 1.29 is 14.4 Å². The summed E-state index contributed by atoms with van der Waals surface area (Å²) in [7, 11) is 0. The van der Waals surface area contributed by atoms with Gasteiger partial charge < -0.3 is 5.73 Å². The maximum atomic E-state index is 11.9. The van der Waals surface area contributed by atoms with Gasteiger partial charge in [0.1, 0.15) is 6.54 Å². The molecule has 21 heavy (non-hydrogen) atoms. The smallest absolute Gasteiger partial charge is 0.294 e. The molecule has 1 heterocycles. The van der Waals surface area contributed by atoms with E-state index in [0.717, 1.165) is 22.2 Å². The van der Waals surface area contributed by atoms with Crippen molar-refractivity contribution >= 4 is 46.5 Å². The Bertz CT molecular complexity index is 670. The number of carbonyl (C=O) groups is 3. The average Bonchev–Trinajstić information content (AvgIpc) is 2.68. The molecule has 1 aliphatic rings. The molecule has 0 aromatic heterocycles. The van der Waals surface area contributed by atoms with Gasteiger partial charge in [0, 0.05) is 5.02 Å². The van der Waals surface area contributed by atoms with Crippen LogP contribution in [0.2, 0.25) is 5.02 Å². The number of nitrogens with two attached hydrogens (primary N) is 1. The van der Waals surface area contributed by atoms with E-state index < -0.39 is 23.6 Å². The SMILES string of the molecule is NC(=O)CN1C(=O)S/C(=C\C=C\c2ccccc2Cl)C1=O. The van der Waals surface area contributed by atoms with Gasteiger partial charge in [0.25, 0.3) is 11.1 Å². The van der Waals surface area contributed by atoms with Crippen LogP contribution in [0.25, 0.3) is 6.08 Å². The Labute approximate surface area is 130 Å². The number of carbonyl (C=O) groups excluding carboxylic acids is 3. The molecule has 1 saturated heterocycles. The Kier molecular flexibility index (Phi) is 4.82. The zero-order valence-electron chi connectivity index (χ0n) is 10.8. The largest absolute Gasteiger partial charge is 0.368 e. The number of rotatable bonds is 4. The van der Waals surface area contributed by atoms with E-state index in [9.17, 15) is 14.4 Å². The first-order chi connectivity index (χ1) is 9.99. The Morgan fingerprint density at radius 2 is 2.05 bits per heavy atom. The molecule has 0 atom stereocenters. The molecule has 0 saturated carbocycles. The van der Waals surface area contributed by atoms with Crippen molar-refractivity contribution in [3.63, 3.8) is 0 Å². The number of nitrogens with zero attached hydrogens (tertiary/aromatic N) is 1. The molecule has 0 aliphatic carbocycles. The minimum Gasteiger partial charge on any atom is -0.368 e. The minimum atomic E-state index is -0.731. The number of imide groups is 1. The van der Waals surface area contributed by atoms with Crippen LogP contribution < -0.4 is 5.73 Å². The molecule has 0 unspecified atom stereocenters. The molecule has 2 rings (SSSR count). The zero-order valence-corrected chi connectivity index (χ0v) is 12.4. The number of amides is 3. The summed E-state index contributed by atoms with van der Waals surface area (Å²) < 4.78 is 0. The number of halogens is 1. The molecule has 1 aromatic rings. The zero-order chi connectivity index (χ0) is 15.4. The van der Waals surface area contributed by atoms with Crippen LogP contribution in [0.15, 0.2) is 41.3 Å². The molecule has 0 radical (unpaired) electrons. The third kappa shape index (κ3) is 3.74. The van der Waals surface area contributed by atoms with Crippen LogP contribution in [0.4, 0.5) is 4.79 Å². The van der Waals surface area contributed by atoms with Crippen molar-refractivity contribution in [2.45, 2.75) is 0 Å². The van der Waals surface area contributed by atoms with Crippen LogP contribution >= 0.6 is 23.4 Å². The lowest BCUT2D eigenvalue weighted by Gasteiger charge is -2.08. The van der Waals surface area contributed by atoms with E-state index in [-0.39, 0.29) is 4.91 Å². The van der Waals surface area contributed by atoms with Crippen molar-refractivity contribution in [3.05, 3.63) is 51.9 Å². The fourth-order valence-electron chi connectivity index (χ4n) is 1.66. The normalized spacial score (nSPS) is 17.2. The maximum Gasteiger partial charge on any atom is 0.294 e. The molecule has 0 spiro atoms. The third-order valence-corrected chi connectivity index (χ3v) is 3.89. The van der Waals surface area contributed by atoms with Gasteiger partial charge in [-0.2, -0.15) is 0 Å². The number of hydrogen-bond acceptors (Lipinski definition) is 4. The molecule has 5 nitrogen and oxygen atoms in total. The second-order valence-corrected chi connectivity index (χ2v) is 5.54. The molecule has 0 bridgehead atoms. The van der Waals surface area contributed by atoms with E-state index in [4.69, 9.17) is 17.3 Å². The van der Waals surface area contributed by atoms with Crippen LogP contribution in [-0.4, -0.2) is 28.5 Å². The summed E-state index contributed by atoms with van der Waals surface area (Å²) >= 11 is 6.76. The molecule has 2 N–H and O–H groups in total. The van der Waals surface area contributed by atoms with E-state index in [2.05, 4.69) is 0 Å². The highest BCUT2D eigenvalue weighted by molar-refractivity contribution is 8.18. The first kappa shape index (κ1) is 15.3. The molecule has 3 amide bonds. The Hall–Kier alpha value is -2.05. The summed E-state index contributed by atoms with van der Waals surface area (Å²) in [5.74, 6) is -1.25. The monoisotopic (exact) mass is 322 g/mol. The number of allylic oxidation sites excluding steroid dienone is 2. The van der Waals surface area contributed by atoms with Crippen LogP contribution in [-0.2, 0) is 9.59 Å². The highest BCUT2D eigenvalue weighted by Gasteiger charge is 2.35. The van der Waals surface area contributed by atoms with Gasteiger partial charge in [0.05, 0.1) is 4.91 Å². The van der Waals surface area contributed by atoms with Crippen LogP contribution in [0.3, 0.4) is 0 Å². The summed E-state index contributed by atoms with van der Waals surface area (Å²) in [6, 6.07) is 7.23. The number of benzene rings is 1. The van der Waals surface area contributed by atoms with Crippen molar-refractivity contribution in [3.8, 4) is 0 Å². The predicted molar refractivity (Wildman–Crippen MR) is 82.5 cm³/mol. The number of primary amides is 1. The standard InChI is InChI=1S/C14H11ClN2O3S/c15-10-6-2-1-4-9(10)5-3-7-11-13(19)17(8-12(16)18)14(20)21-11/h1-7H,8H2,(H2,16,18)/b5-3+,11-7-. The van der Waals surface area contributed by atoms with E-state index in [1.54, 1.807) is 18.2 Å². The fraction of sp³-hybridized carbons (Fsp3) is 0.0714. The topological polar surface area (TPSA) is 80.5 Å². The van der Waals surface area contributed by atoms with E-state index in [0.29, 0.717) is 5.02 Å². The first-order valence-electron chi connectivity index (χ1n) is 5.94. The summed E-state index contributed by atoms with van der Waals surface area (Å²) in [5.41, 5.74) is 5.79. The lowest BCUT2D eigenvalue weighted by molar-refractivity contribution is -0.128. The van der Waals surface area contributed by atoms with E-state index in [1.165, 1.54) is 6.08 Å². The average molecular weight is 323 g/mol. The number of thioether (sulfide) groups is 1. The van der Waals surface area contributed by atoms with Gasteiger partial charge in [-0.15, -0.1) is 0 Å². The summed E-state index contributed by atoms with van der Waals surface area (Å²) in [5, 5.41) is 0.0835. The molecular formula is C14H11ClN2O3S. The van der Waals surface area contributed by atoms with Crippen molar-refractivity contribution in [2.24, 2.45) is 5.73 Å². The van der Waals surface area contributed by atoms with Gasteiger partial charge in [-0.25, -0.2) is 0 Å². The van der Waals surface area contributed by atoms with E-state index in [1.807, 2.05) is 18.2 Å². The van der Waals surface area contributed by atoms with Gasteiger partial charge in [0.2, 0.25) is 5.91 Å². The van der Waals surface area contributed by atoms with Crippen LogP contribution in [0.1, 0.15) is 5.56 Å². The maximum absolute atomic E-state index is 11.9. The lowest BCUT2D eigenvalue weighted by atomic mass is 10.2. The molecule has 1 aliphatic heterocycles. The quantitative estimate of drug-likeness (QED) is 0.863. The van der Waals surface area contributed by atoms with Gasteiger partial charge in [-0.1, -0.05) is 42.0 Å². The third-order valence-electron chi connectivity index (χ3n) is 2.62. The summed E-state index contributed by atoms with van der Waals surface area (Å²) in [4.78, 5) is 35.4. The molecular weight excluding hydrogens is 312 g/mol. The number of hydrogen-bond donors (Lipinski definition) is 1. The minimum absolute atomic E-state index is 0.240. The lowest BCUT2D eigenvalue weighted by Crippen LogP contribution is -2.36.